The van der Waals surface area contributed by atoms with Crippen molar-refractivity contribution in [1.29, 1.82) is 0 Å². The zero-order chi connectivity index (χ0) is 14.9. The normalized spacial score (nSPS) is 10.4. The third-order valence-corrected chi connectivity index (χ3v) is 2.59. The maximum absolute atomic E-state index is 13.5. The molecule has 1 aromatic heterocycles. The molecule has 0 bridgehead atoms. The fourth-order valence-electron chi connectivity index (χ4n) is 1.40. The molecule has 1 amide bonds. The summed E-state index contributed by atoms with van der Waals surface area (Å²) in [5.41, 5.74) is -0.667. The third kappa shape index (κ3) is 2.67. The minimum Gasteiger partial charge on any atom is -0.503 e. The number of hydrogen-bond donors (Lipinski definition) is 2. The zero-order valence-electron chi connectivity index (χ0n) is 9.62. The lowest BCUT2D eigenvalue weighted by molar-refractivity contribution is 0.102. The first-order chi connectivity index (χ1) is 9.40. The van der Waals surface area contributed by atoms with E-state index in [0.717, 1.165) is 0 Å². The molecule has 0 unspecified atom stereocenters. The Morgan fingerprint density at radius 1 is 1.25 bits per heavy atom. The fraction of sp³-hybridized carbons (Fsp3) is 0. The van der Waals surface area contributed by atoms with Crippen molar-refractivity contribution < 1.29 is 23.1 Å². The predicted octanol–water partition coefficient (Wildman–Crippen LogP) is 3.11. The Balaban J connectivity index is 2.32. The molecule has 1 heterocycles. The van der Waals surface area contributed by atoms with Gasteiger partial charge >= 0.3 is 0 Å². The second kappa shape index (κ2) is 5.38. The summed E-state index contributed by atoms with van der Waals surface area (Å²) in [5.74, 6) is -7.47. The number of amides is 1. The molecule has 20 heavy (non-hydrogen) atoms. The lowest BCUT2D eigenvalue weighted by Crippen LogP contribution is -2.15. The van der Waals surface area contributed by atoms with Gasteiger partial charge in [-0.15, -0.1) is 0 Å². The van der Waals surface area contributed by atoms with Crippen LogP contribution in [0.25, 0.3) is 0 Å². The van der Waals surface area contributed by atoms with Crippen LogP contribution in [-0.2, 0) is 0 Å². The van der Waals surface area contributed by atoms with Gasteiger partial charge in [0.15, 0.2) is 17.4 Å². The number of benzene rings is 1. The smallest absolute Gasteiger partial charge is 0.258 e. The molecule has 8 heteroatoms. The van der Waals surface area contributed by atoms with Crippen LogP contribution in [0.15, 0.2) is 24.4 Å². The average molecular weight is 303 g/mol. The van der Waals surface area contributed by atoms with Gasteiger partial charge in [0.2, 0.25) is 5.82 Å². The molecule has 0 saturated heterocycles. The van der Waals surface area contributed by atoms with E-state index in [4.69, 9.17) is 16.7 Å². The number of hydrogen-bond acceptors (Lipinski definition) is 3. The van der Waals surface area contributed by atoms with Gasteiger partial charge < -0.3 is 10.4 Å². The van der Waals surface area contributed by atoms with Gasteiger partial charge in [-0.2, -0.15) is 4.39 Å². The second-order valence-electron chi connectivity index (χ2n) is 3.71. The van der Waals surface area contributed by atoms with E-state index in [-0.39, 0.29) is 10.8 Å². The van der Waals surface area contributed by atoms with E-state index in [2.05, 4.69) is 10.3 Å². The number of nitrogens with one attached hydrogen (secondary N) is 1. The van der Waals surface area contributed by atoms with Crippen molar-refractivity contribution in [2.24, 2.45) is 0 Å². The summed E-state index contributed by atoms with van der Waals surface area (Å²) in [6, 6.07) is 3.10. The van der Waals surface area contributed by atoms with Gasteiger partial charge in [0.25, 0.3) is 5.91 Å². The molecule has 2 rings (SSSR count). The molecule has 0 saturated carbocycles. The van der Waals surface area contributed by atoms with E-state index in [1.54, 1.807) is 0 Å². The van der Waals surface area contributed by atoms with Crippen LogP contribution in [0.2, 0.25) is 5.15 Å². The van der Waals surface area contributed by atoms with E-state index in [1.807, 2.05) is 0 Å². The number of aromatic nitrogens is 1. The first-order valence-corrected chi connectivity index (χ1v) is 5.57. The molecule has 2 N–H and O–H groups in total. The van der Waals surface area contributed by atoms with Crippen molar-refractivity contribution in [2.75, 3.05) is 5.32 Å². The van der Waals surface area contributed by atoms with Crippen LogP contribution in [-0.4, -0.2) is 16.0 Å². The Kier molecular flexibility index (Phi) is 3.80. The largest absolute Gasteiger partial charge is 0.503 e. The summed E-state index contributed by atoms with van der Waals surface area (Å²) in [7, 11) is 0. The fourth-order valence-corrected chi connectivity index (χ4v) is 1.52. The maximum atomic E-state index is 13.5. The monoisotopic (exact) mass is 302 g/mol. The average Bonchev–Trinajstić information content (AvgIpc) is 2.43. The predicted molar refractivity (Wildman–Crippen MR) is 65.2 cm³/mol. The van der Waals surface area contributed by atoms with Crippen molar-refractivity contribution in [3.63, 3.8) is 0 Å². The second-order valence-corrected chi connectivity index (χ2v) is 4.09. The SMILES string of the molecule is O=C(Nc1ccc(Cl)nc1)c1cc(F)c(F)c(O)c1F. The van der Waals surface area contributed by atoms with Crippen LogP contribution in [0.5, 0.6) is 5.75 Å². The molecule has 0 spiro atoms. The Bertz CT molecular complexity index is 677. The molecule has 0 aliphatic rings. The summed E-state index contributed by atoms with van der Waals surface area (Å²) >= 11 is 5.54. The van der Waals surface area contributed by atoms with Crippen molar-refractivity contribution in [1.82, 2.24) is 4.98 Å². The Hall–Kier alpha value is -2.28. The molecule has 1 aromatic carbocycles. The van der Waals surface area contributed by atoms with Gasteiger partial charge in [-0.1, -0.05) is 11.6 Å². The molecule has 104 valence electrons. The van der Waals surface area contributed by atoms with Crippen molar-refractivity contribution >= 4 is 23.2 Å². The number of carbonyl (C=O) groups is 1. The first-order valence-electron chi connectivity index (χ1n) is 5.19. The molecular formula is C12H6ClF3N2O2. The first kappa shape index (κ1) is 14.1. The highest BCUT2D eigenvalue weighted by Gasteiger charge is 2.22. The van der Waals surface area contributed by atoms with E-state index in [0.29, 0.717) is 6.07 Å². The minimum atomic E-state index is -1.76. The zero-order valence-corrected chi connectivity index (χ0v) is 10.4. The summed E-state index contributed by atoms with van der Waals surface area (Å²) in [4.78, 5) is 15.4. The van der Waals surface area contributed by atoms with E-state index < -0.39 is 34.7 Å². The molecule has 0 radical (unpaired) electrons. The lowest BCUT2D eigenvalue weighted by Gasteiger charge is -2.08. The Labute approximate surface area is 115 Å². The van der Waals surface area contributed by atoms with Crippen LogP contribution >= 0.6 is 11.6 Å². The molecule has 0 atom stereocenters. The topological polar surface area (TPSA) is 62.2 Å². The molecule has 0 fully saturated rings. The van der Waals surface area contributed by atoms with Crippen molar-refractivity contribution in [3.8, 4) is 5.75 Å². The Morgan fingerprint density at radius 2 is 1.95 bits per heavy atom. The Morgan fingerprint density at radius 3 is 2.55 bits per heavy atom. The molecule has 0 aliphatic heterocycles. The van der Waals surface area contributed by atoms with Crippen LogP contribution in [0.4, 0.5) is 18.9 Å². The lowest BCUT2D eigenvalue weighted by atomic mass is 10.1. The standard InChI is InChI=1S/C12H6ClF3N2O2/c13-8-2-1-5(4-17-8)18-12(20)6-3-7(14)10(16)11(19)9(6)15/h1-4,19H,(H,18,20). The highest BCUT2D eigenvalue weighted by atomic mass is 35.5. The van der Waals surface area contributed by atoms with Gasteiger partial charge in [0.1, 0.15) is 5.15 Å². The van der Waals surface area contributed by atoms with Crippen LogP contribution < -0.4 is 5.32 Å². The van der Waals surface area contributed by atoms with Crippen LogP contribution in [0.3, 0.4) is 0 Å². The quantitative estimate of drug-likeness (QED) is 0.662. The summed E-state index contributed by atoms with van der Waals surface area (Å²) in [6.07, 6.45) is 1.19. The van der Waals surface area contributed by atoms with E-state index in [1.165, 1.54) is 18.3 Å². The highest BCUT2D eigenvalue weighted by molar-refractivity contribution is 6.29. The number of phenols is 1. The number of carbonyl (C=O) groups excluding carboxylic acids is 1. The molecule has 4 nitrogen and oxygen atoms in total. The van der Waals surface area contributed by atoms with E-state index >= 15 is 0 Å². The van der Waals surface area contributed by atoms with Gasteiger partial charge in [-0.25, -0.2) is 13.8 Å². The number of nitrogens with zero attached hydrogens (tertiary/aromatic N) is 1. The van der Waals surface area contributed by atoms with E-state index in [9.17, 15) is 18.0 Å². The number of halogens is 4. The number of anilines is 1. The summed E-state index contributed by atoms with van der Waals surface area (Å²) < 4.78 is 39.5. The summed E-state index contributed by atoms with van der Waals surface area (Å²) in [5, 5.41) is 11.4. The minimum absolute atomic E-state index is 0.169. The van der Waals surface area contributed by atoms with Crippen LogP contribution in [0, 0.1) is 17.5 Å². The van der Waals surface area contributed by atoms with Crippen LogP contribution in [0.1, 0.15) is 10.4 Å². The van der Waals surface area contributed by atoms with Gasteiger partial charge in [-0.05, 0) is 18.2 Å². The molecule has 0 aliphatic carbocycles. The van der Waals surface area contributed by atoms with Gasteiger partial charge in [-0.3, -0.25) is 4.79 Å². The maximum Gasteiger partial charge on any atom is 0.258 e. The molecular weight excluding hydrogens is 297 g/mol. The van der Waals surface area contributed by atoms with Gasteiger partial charge in [0.05, 0.1) is 17.4 Å². The van der Waals surface area contributed by atoms with Crippen molar-refractivity contribution in [3.05, 3.63) is 52.6 Å². The summed E-state index contributed by atoms with van der Waals surface area (Å²) in [6.45, 7) is 0. The number of pyridine rings is 1. The highest BCUT2D eigenvalue weighted by Crippen LogP contribution is 2.26. The number of aromatic hydroxyl groups is 1. The van der Waals surface area contributed by atoms with Crippen molar-refractivity contribution in [2.45, 2.75) is 0 Å². The number of rotatable bonds is 2. The molecule has 2 aromatic rings. The van der Waals surface area contributed by atoms with Gasteiger partial charge in [0, 0.05) is 0 Å². The third-order valence-electron chi connectivity index (χ3n) is 2.36. The number of phenolic OH excluding ortho intramolecular Hbond substituents is 1.